The number of carbonyl (C=O) groups is 1. The number of benzene rings is 1. The van der Waals surface area contributed by atoms with E-state index in [1.807, 2.05) is 0 Å². The fraction of sp³-hybridized carbons (Fsp3) is 0.375. The minimum Gasteiger partial charge on any atom is -0.494 e. The highest BCUT2D eigenvalue weighted by Gasteiger charge is 2.06. The number of aromatic nitrogens is 2. The van der Waals surface area contributed by atoms with E-state index in [0.717, 1.165) is 25.0 Å². The number of amides is 1. The molecule has 0 aliphatic heterocycles. The molecule has 0 spiro atoms. The summed E-state index contributed by atoms with van der Waals surface area (Å²) < 4.78 is 5.60. The molecule has 0 aliphatic rings. The van der Waals surface area contributed by atoms with Crippen molar-refractivity contribution in [3.8, 4) is 5.75 Å². The SMILES string of the molecule is CCCCCOc1ccc(C(=O)NCc2cc(=O)[nH][nH]2)cc1. The summed E-state index contributed by atoms with van der Waals surface area (Å²) in [7, 11) is 0. The van der Waals surface area contributed by atoms with Crippen molar-refractivity contribution >= 4 is 5.91 Å². The lowest BCUT2D eigenvalue weighted by molar-refractivity contribution is 0.0950. The molecule has 1 aromatic heterocycles. The second-order valence-electron chi connectivity index (χ2n) is 5.05. The van der Waals surface area contributed by atoms with Gasteiger partial charge in [-0.2, -0.15) is 0 Å². The van der Waals surface area contributed by atoms with Crippen LogP contribution in [-0.2, 0) is 6.54 Å². The zero-order valence-electron chi connectivity index (χ0n) is 12.6. The van der Waals surface area contributed by atoms with E-state index in [2.05, 4.69) is 22.4 Å². The van der Waals surface area contributed by atoms with Gasteiger partial charge in [-0.15, -0.1) is 0 Å². The Kier molecular flexibility index (Phi) is 5.82. The van der Waals surface area contributed by atoms with Crippen molar-refractivity contribution < 1.29 is 9.53 Å². The van der Waals surface area contributed by atoms with Crippen LogP contribution in [0, 0.1) is 0 Å². The average Bonchev–Trinajstić information content (AvgIpc) is 2.95. The van der Waals surface area contributed by atoms with Gasteiger partial charge in [-0.05, 0) is 30.7 Å². The topological polar surface area (TPSA) is 87.0 Å². The Morgan fingerprint density at radius 2 is 1.95 bits per heavy atom. The minimum atomic E-state index is -0.214. The Labute approximate surface area is 128 Å². The van der Waals surface area contributed by atoms with E-state index in [1.165, 1.54) is 6.07 Å². The first-order chi connectivity index (χ1) is 10.7. The maximum absolute atomic E-state index is 12.0. The first kappa shape index (κ1) is 15.9. The monoisotopic (exact) mass is 303 g/mol. The second-order valence-corrected chi connectivity index (χ2v) is 5.05. The molecule has 0 unspecified atom stereocenters. The molecule has 3 N–H and O–H groups in total. The molecule has 0 bridgehead atoms. The van der Waals surface area contributed by atoms with Gasteiger partial charge in [-0.1, -0.05) is 19.8 Å². The van der Waals surface area contributed by atoms with Crippen molar-refractivity contribution in [1.82, 2.24) is 15.5 Å². The molecule has 0 atom stereocenters. The van der Waals surface area contributed by atoms with E-state index in [1.54, 1.807) is 24.3 Å². The summed E-state index contributed by atoms with van der Waals surface area (Å²) in [5, 5.41) is 7.84. The van der Waals surface area contributed by atoms with E-state index in [-0.39, 0.29) is 18.0 Å². The number of nitrogens with one attached hydrogen (secondary N) is 3. The molecule has 2 aromatic rings. The lowest BCUT2D eigenvalue weighted by Gasteiger charge is -2.07. The van der Waals surface area contributed by atoms with Crippen molar-refractivity contribution in [2.24, 2.45) is 0 Å². The van der Waals surface area contributed by atoms with E-state index >= 15 is 0 Å². The van der Waals surface area contributed by atoms with Crippen LogP contribution in [0.15, 0.2) is 35.1 Å². The van der Waals surface area contributed by atoms with Gasteiger partial charge in [0.1, 0.15) is 5.75 Å². The molecular formula is C16H21N3O3. The van der Waals surface area contributed by atoms with Crippen LogP contribution in [0.5, 0.6) is 5.75 Å². The Morgan fingerprint density at radius 1 is 1.18 bits per heavy atom. The van der Waals surface area contributed by atoms with Gasteiger partial charge in [0.15, 0.2) is 0 Å². The highest BCUT2D eigenvalue weighted by Crippen LogP contribution is 2.13. The largest absolute Gasteiger partial charge is 0.494 e. The number of hydrogen-bond donors (Lipinski definition) is 3. The normalized spacial score (nSPS) is 10.4. The van der Waals surface area contributed by atoms with Gasteiger partial charge in [0, 0.05) is 11.6 Å². The fourth-order valence-corrected chi connectivity index (χ4v) is 1.99. The minimum absolute atomic E-state index is 0.195. The van der Waals surface area contributed by atoms with Crippen molar-refractivity contribution in [3.05, 3.63) is 51.9 Å². The van der Waals surface area contributed by atoms with Crippen LogP contribution in [0.4, 0.5) is 0 Å². The molecule has 6 heteroatoms. The predicted molar refractivity (Wildman–Crippen MR) is 84.0 cm³/mol. The fourth-order valence-electron chi connectivity index (χ4n) is 1.99. The summed E-state index contributed by atoms with van der Waals surface area (Å²) in [6, 6.07) is 8.44. The third-order valence-corrected chi connectivity index (χ3v) is 3.22. The van der Waals surface area contributed by atoms with E-state index in [0.29, 0.717) is 17.9 Å². The molecule has 0 saturated heterocycles. The van der Waals surface area contributed by atoms with E-state index in [4.69, 9.17) is 4.74 Å². The number of H-pyrrole nitrogens is 2. The molecular weight excluding hydrogens is 282 g/mol. The van der Waals surface area contributed by atoms with E-state index in [9.17, 15) is 9.59 Å². The van der Waals surface area contributed by atoms with Gasteiger partial charge in [0.2, 0.25) is 0 Å². The van der Waals surface area contributed by atoms with Gasteiger partial charge in [-0.25, -0.2) is 0 Å². The number of rotatable bonds is 8. The van der Waals surface area contributed by atoms with Crippen LogP contribution in [-0.4, -0.2) is 22.7 Å². The highest BCUT2D eigenvalue weighted by molar-refractivity contribution is 5.94. The number of unbranched alkanes of at least 4 members (excludes halogenated alkanes) is 2. The molecule has 2 rings (SSSR count). The van der Waals surface area contributed by atoms with Crippen LogP contribution in [0.25, 0.3) is 0 Å². The molecule has 0 saturated carbocycles. The molecule has 1 amide bonds. The van der Waals surface area contributed by atoms with Gasteiger partial charge in [0.25, 0.3) is 11.5 Å². The lowest BCUT2D eigenvalue weighted by atomic mass is 10.2. The van der Waals surface area contributed by atoms with Crippen LogP contribution >= 0.6 is 0 Å². The molecule has 0 radical (unpaired) electrons. The third kappa shape index (κ3) is 4.80. The Balaban J connectivity index is 1.81. The van der Waals surface area contributed by atoms with Gasteiger partial charge in [0.05, 0.1) is 18.8 Å². The molecule has 0 aliphatic carbocycles. The highest BCUT2D eigenvalue weighted by atomic mass is 16.5. The second kappa shape index (κ2) is 8.07. The molecule has 1 aromatic carbocycles. The smallest absolute Gasteiger partial charge is 0.264 e. The number of aromatic amines is 2. The molecule has 118 valence electrons. The van der Waals surface area contributed by atoms with Crippen molar-refractivity contribution in [1.29, 1.82) is 0 Å². The van der Waals surface area contributed by atoms with Crippen LogP contribution in [0.2, 0.25) is 0 Å². The van der Waals surface area contributed by atoms with E-state index < -0.39 is 0 Å². The van der Waals surface area contributed by atoms with Crippen molar-refractivity contribution in [2.45, 2.75) is 32.7 Å². The van der Waals surface area contributed by atoms with Crippen LogP contribution < -0.4 is 15.6 Å². The van der Waals surface area contributed by atoms with Gasteiger partial charge >= 0.3 is 0 Å². The summed E-state index contributed by atoms with van der Waals surface area (Å²) in [6.45, 7) is 3.11. The first-order valence-electron chi connectivity index (χ1n) is 7.46. The Bertz CT molecular complexity index is 643. The van der Waals surface area contributed by atoms with Crippen molar-refractivity contribution in [3.63, 3.8) is 0 Å². The third-order valence-electron chi connectivity index (χ3n) is 3.22. The van der Waals surface area contributed by atoms with Crippen molar-refractivity contribution in [2.75, 3.05) is 6.61 Å². The standard InChI is InChI=1S/C16H21N3O3/c1-2-3-4-9-22-14-7-5-12(6-8-14)16(21)17-11-13-10-15(20)19-18-13/h5-8,10H,2-4,9,11H2,1H3,(H,17,21)(H2,18,19,20). The lowest BCUT2D eigenvalue weighted by Crippen LogP contribution is -2.22. The molecule has 1 heterocycles. The number of carbonyl (C=O) groups excluding carboxylic acids is 1. The summed E-state index contributed by atoms with van der Waals surface area (Å²) in [4.78, 5) is 22.9. The molecule has 0 fully saturated rings. The van der Waals surface area contributed by atoms with Crippen LogP contribution in [0.3, 0.4) is 0 Å². The Hall–Kier alpha value is -2.50. The predicted octanol–water partition coefficient (Wildman–Crippen LogP) is 2.20. The molecule has 6 nitrogen and oxygen atoms in total. The van der Waals surface area contributed by atoms with Crippen LogP contribution in [0.1, 0.15) is 42.2 Å². The number of ether oxygens (including phenoxy) is 1. The summed E-state index contributed by atoms with van der Waals surface area (Å²) in [5.41, 5.74) is 0.974. The quantitative estimate of drug-likeness (QED) is 0.653. The average molecular weight is 303 g/mol. The summed E-state index contributed by atoms with van der Waals surface area (Å²) in [5.74, 6) is 0.571. The zero-order chi connectivity index (χ0) is 15.8. The summed E-state index contributed by atoms with van der Waals surface area (Å²) in [6.07, 6.45) is 3.35. The van der Waals surface area contributed by atoms with Gasteiger partial charge < -0.3 is 15.2 Å². The van der Waals surface area contributed by atoms with Gasteiger partial charge in [-0.3, -0.25) is 14.7 Å². The maximum Gasteiger partial charge on any atom is 0.264 e. The number of hydrogen-bond acceptors (Lipinski definition) is 3. The Morgan fingerprint density at radius 3 is 2.59 bits per heavy atom. The first-order valence-corrected chi connectivity index (χ1v) is 7.46. The maximum atomic E-state index is 12.0. The zero-order valence-corrected chi connectivity index (χ0v) is 12.6. The summed E-state index contributed by atoms with van der Waals surface area (Å²) >= 11 is 0. The molecule has 22 heavy (non-hydrogen) atoms.